The number of methoxy groups -OCH3 is 1. The lowest BCUT2D eigenvalue weighted by Crippen LogP contribution is -2.49. The summed E-state index contributed by atoms with van der Waals surface area (Å²) in [6.45, 7) is 8.40. The highest BCUT2D eigenvalue weighted by molar-refractivity contribution is 5.78. The van der Waals surface area contributed by atoms with Gasteiger partial charge in [0.15, 0.2) is 0 Å². The lowest BCUT2D eigenvalue weighted by atomic mass is 10.1. The molecule has 2 heterocycles. The molecule has 0 bridgehead atoms. The zero-order valence-electron chi connectivity index (χ0n) is 14.0. The van der Waals surface area contributed by atoms with Gasteiger partial charge in [-0.25, -0.2) is 0 Å². The average Bonchev–Trinajstić information content (AvgIpc) is 2.51. The first-order valence-corrected chi connectivity index (χ1v) is 7.69. The lowest BCUT2D eigenvalue weighted by Gasteiger charge is -2.29. The van der Waals surface area contributed by atoms with E-state index in [4.69, 9.17) is 4.74 Å². The van der Waals surface area contributed by atoms with E-state index in [-0.39, 0.29) is 5.91 Å². The minimum absolute atomic E-state index is 0.181. The molecule has 0 aromatic carbocycles. The number of pyridine rings is 1. The fourth-order valence-corrected chi connectivity index (χ4v) is 2.79. The maximum absolute atomic E-state index is 12.3. The number of ether oxygens (including phenoxy) is 1. The van der Waals surface area contributed by atoms with Crippen LogP contribution in [0.5, 0.6) is 5.75 Å². The number of nitrogens with one attached hydrogen (secondary N) is 1. The molecule has 122 valence electrons. The lowest BCUT2D eigenvalue weighted by molar-refractivity contribution is -0.132. The molecule has 0 saturated carbocycles. The van der Waals surface area contributed by atoms with E-state index in [2.05, 4.69) is 10.3 Å². The fraction of sp³-hybridized carbons (Fsp3) is 0.625. The number of nitrogens with zero attached hydrogens (tertiary/aromatic N) is 3. The normalized spacial score (nSPS) is 15.2. The van der Waals surface area contributed by atoms with Crippen LogP contribution in [0.4, 0.5) is 0 Å². The number of amides is 1. The predicted octanol–water partition coefficient (Wildman–Crippen LogP) is 0.571. The van der Waals surface area contributed by atoms with Gasteiger partial charge in [-0.2, -0.15) is 0 Å². The Morgan fingerprint density at radius 1 is 1.41 bits per heavy atom. The summed E-state index contributed by atoms with van der Waals surface area (Å²) >= 11 is 0. The average molecular weight is 306 g/mol. The largest absolute Gasteiger partial charge is 0.496 e. The standard InChI is InChI=1S/C16H26N4O2/c1-12-9-18-14(13(2)16(12)22-4)10-19(3)11-15(21)20-7-5-17-6-8-20/h9,17H,5-8,10-11H2,1-4H3. The molecule has 0 unspecified atom stereocenters. The number of carbonyl (C=O) groups is 1. The minimum atomic E-state index is 0.181. The van der Waals surface area contributed by atoms with Crippen molar-refractivity contribution < 1.29 is 9.53 Å². The number of rotatable bonds is 5. The first-order chi connectivity index (χ1) is 10.5. The molecule has 0 atom stereocenters. The molecule has 1 aliphatic rings. The smallest absolute Gasteiger partial charge is 0.236 e. The molecule has 6 nitrogen and oxygen atoms in total. The molecule has 2 rings (SSSR count). The fourth-order valence-electron chi connectivity index (χ4n) is 2.79. The first kappa shape index (κ1) is 16.7. The topological polar surface area (TPSA) is 57.7 Å². The number of hydrogen-bond acceptors (Lipinski definition) is 5. The first-order valence-electron chi connectivity index (χ1n) is 7.69. The highest BCUT2D eigenvalue weighted by atomic mass is 16.5. The van der Waals surface area contributed by atoms with Crippen LogP contribution in [0.15, 0.2) is 6.20 Å². The van der Waals surface area contributed by atoms with Crippen molar-refractivity contribution in [1.82, 2.24) is 20.1 Å². The third kappa shape index (κ3) is 3.96. The number of piperazine rings is 1. The number of aromatic nitrogens is 1. The Morgan fingerprint density at radius 2 is 2.09 bits per heavy atom. The summed E-state index contributed by atoms with van der Waals surface area (Å²) in [5.41, 5.74) is 3.03. The zero-order valence-corrected chi connectivity index (χ0v) is 14.0. The van der Waals surface area contributed by atoms with Crippen LogP contribution in [0.1, 0.15) is 16.8 Å². The Morgan fingerprint density at radius 3 is 2.73 bits per heavy atom. The van der Waals surface area contributed by atoms with E-state index < -0.39 is 0 Å². The van der Waals surface area contributed by atoms with Gasteiger partial charge >= 0.3 is 0 Å². The van der Waals surface area contributed by atoms with E-state index in [0.717, 1.165) is 48.7 Å². The summed E-state index contributed by atoms with van der Waals surface area (Å²) in [4.78, 5) is 20.7. The number of carbonyl (C=O) groups excluding carboxylic acids is 1. The molecule has 0 radical (unpaired) electrons. The summed E-state index contributed by atoms with van der Waals surface area (Å²) < 4.78 is 5.43. The SMILES string of the molecule is COc1c(C)cnc(CN(C)CC(=O)N2CCNCC2)c1C. The van der Waals surface area contributed by atoms with E-state index >= 15 is 0 Å². The molecule has 22 heavy (non-hydrogen) atoms. The molecule has 1 N–H and O–H groups in total. The number of likely N-dealkylation sites (N-methyl/N-ethyl adjacent to an activating group) is 1. The molecule has 1 aliphatic heterocycles. The second-order valence-electron chi connectivity index (χ2n) is 5.85. The summed E-state index contributed by atoms with van der Waals surface area (Å²) in [6.07, 6.45) is 1.83. The van der Waals surface area contributed by atoms with Crippen LogP contribution >= 0.6 is 0 Å². The van der Waals surface area contributed by atoms with Crippen molar-refractivity contribution >= 4 is 5.91 Å². The van der Waals surface area contributed by atoms with Gasteiger partial charge in [-0.15, -0.1) is 0 Å². The van der Waals surface area contributed by atoms with E-state index in [1.807, 2.05) is 36.9 Å². The number of hydrogen-bond donors (Lipinski definition) is 1. The summed E-state index contributed by atoms with van der Waals surface area (Å²) in [7, 11) is 3.63. The Balaban J connectivity index is 1.97. The van der Waals surface area contributed by atoms with Crippen LogP contribution < -0.4 is 10.1 Å². The molecular formula is C16H26N4O2. The van der Waals surface area contributed by atoms with Crippen molar-refractivity contribution in [3.63, 3.8) is 0 Å². The molecule has 1 aromatic heterocycles. The minimum Gasteiger partial charge on any atom is -0.496 e. The van der Waals surface area contributed by atoms with Gasteiger partial charge in [0.1, 0.15) is 5.75 Å². The highest BCUT2D eigenvalue weighted by Gasteiger charge is 2.18. The molecule has 0 spiro atoms. The Bertz CT molecular complexity index is 527. The van der Waals surface area contributed by atoms with Crippen LogP contribution in [-0.2, 0) is 11.3 Å². The van der Waals surface area contributed by atoms with Gasteiger partial charge in [0.05, 0.1) is 19.3 Å². The molecule has 1 saturated heterocycles. The second kappa shape index (κ2) is 7.56. The van der Waals surface area contributed by atoms with Gasteiger partial charge in [0, 0.05) is 50.0 Å². The van der Waals surface area contributed by atoms with Crippen LogP contribution in [0.3, 0.4) is 0 Å². The van der Waals surface area contributed by atoms with Gasteiger partial charge in [0.25, 0.3) is 0 Å². The van der Waals surface area contributed by atoms with Crippen LogP contribution in [0.25, 0.3) is 0 Å². The zero-order chi connectivity index (χ0) is 16.1. The third-order valence-electron chi connectivity index (χ3n) is 4.04. The summed E-state index contributed by atoms with van der Waals surface area (Å²) in [5.74, 6) is 1.06. The molecule has 6 heteroatoms. The molecule has 1 amide bonds. The van der Waals surface area contributed by atoms with Crippen molar-refractivity contribution in [2.45, 2.75) is 20.4 Å². The van der Waals surface area contributed by atoms with Crippen LogP contribution in [-0.4, -0.2) is 67.6 Å². The Kier molecular flexibility index (Phi) is 5.74. The summed E-state index contributed by atoms with van der Waals surface area (Å²) in [6, 6.07) is 0. The maximum atomic E-state index is 12.3. The molecule has 0 aliphatic carbocycles. The second-order valence-corrected chi connectivity index (χ2v) is 5.85. The van der Waals surface area contributed by atoms with Crippen molar-refractivity contribution in [3.05, 3.63) is 23.0 Å². The van der Waals surface area contributed by atoms with Crippen molar-refractivity contribution in [1.29, 1.82) is 0 Å². The monoisotopic (exact) mass is 306 g/mol. The van der Waals surface area contributed by atoms with E-state index in [0.29, 0.717) is 13.1 Å². The van der Waals surface area contributed by atoms with Gasteiger partial charge in [-0.1, -0.05) is 0 Å². The van der Waals surface area contributed by atoms with E-state index in [1.165, 1.54) is 0 Å². The Labute approximate surface area is 132 Å². The maximum Gasteiger partial charge on any atom is 0.236 e. The Hall–Kier alpha value is -1.66. The van der Waals surface area contributed by atoms with Crippen molar-refractivity contribution in [3.8, 4) is 5.75 Å². The van der Waals surface area contributed by atoms with Crippen molar-refractivity contribution in [2.24, 2.45) is 0 Å². The van der Waals surface area contributed by atoms with Crippen molar-refractivity contribution in [2.75, 3.05) is 46.9 Å². The van der Waals surface area contributed by atoms with Crippen LogP contribution in [0, 0.1) is 13.8 Å². The molecular weight excluding hydrogens is 280 g/mol. The van der Waals surface area contributed by atoms with Gasteiger partial charge < -0.3 is 15.0 Å². The van der Waals surface area contributed by atoms with Gasteiger partial charge in [-0.05, 0) is 20.9 Å². The predicted molar refractivity (Wildman–Crippen MR) is 86.0 cm³/mol. The third-order valence-corrected chi connectivity index (χ3v) is 4.04. The molecule has 1 fully saturated rings. The summed E-state index contributed by atoms with van der Waals surface area (Å²) in [5, 5.41) is 3.26. The quantitative estimate of drug-likeness (QED) is 0.862. The van der Waals surface area contributed by atoms with E-state index in [9.17, 15) is 4.79 Å². The van der Waals surface area contributed by atoms with E-state index in [1.54, 1.807) is 7.11 Å². The molecule has 1 aromatic rings. The highest BCUT2D eigenvalue weighted by Crippen LogP contribution is 2.24. The van der Waals surface area contributed by atoms with Crippen LogP contribution in [0.2, 0.25) is 0 Å². The van der Waals surface area contributed by atoms with Gasteiger partial charge in [-0.3, -0.25) is 14.7 Å². The number of aryl methyl sites for hydroxylation is 1. The van der Waals surface area contributed by atoms with Gasteiger partial charge in [0.2, 0.25) is 5.91 Å².